The Labute approximate surface area is 105 Å². The van der Waals surface area contributed by atoms with Crippen LogP contribution in [0.1, 0.15) is 49.6 Å². The smallest absolute Gasteiger partial charge is 0.0225 e. The predicted octanol–water partition coefficient (Wildman–Crippen LogP) is 3.31. The van der Waals surface area contributed by atoms with Gasteiger partial charge in [0.2, 0.25) is 0 Å². The van der Waals surface area contributed by atoms with Gasteiger partial charge in [-0.1, -0.05) is 19.8 Å². The highest BCUT2D eigenvalue weighted by atomic mass is 15.0. The van der Waals surface area contributed by atoms with Crippen molar-refractivity contribution < 1.29 is 0 Å². The summed E-state index contributed by atoms with van der Waals surface area (Å²) in [5.74, 6) is 0.903. The molecule has 17 heavy (non-hydrogen) atoms. The zero-order valence-corrected chi connectivity index (χ0v) is 11.7. The van der Waals surface area contributed by atoms with Crippen molar-refractivity contribution in [3.63, 3.8) is 0 Å². The van der Waals surface area contributed by atoms with Gasteiger partial charge in [-0.15, -0.1) is 0 Å². The van der Waals surface area contributed by atoms with E-state index in [9.17, 15) is 0 Å². The minimum Gasteiger partial charge on any atom is -0.352 e. The van der Waals surface area contributed by atoms with Crippen molar-refractivity contribution >= 4 is 0 Å². The Bertz CT molecular complexity index is 379. The number of hydrogen-bond acceptors (Lipinski definition) is 1. The second-order valence-electron chi connectivity index (χ2n) is 5.80. The molecule has 1 heterocycles. The number of aryl methyl sites for hydroxylation is 1. The predicted molar refractivity (Wildman–Crippen MR) is 73.1 cm³/mol. The molecule has 1 aromatic heterocycles. The fourth-order valence-electron chi connectivity index (χ4n) is 2.99. The monoisotopic (exact) mass is 234 g/mol. The van der Waals surface area contributed by atoms with Gasteiger partial charge >= 0.3 is 0 Å². The summed E-state index contributed by atoms with van der Waals surface area (Å²) in [4.78, 5) is 0. The lowest BCUT2D eigenvalue weighted by atomic mass is 9.87. The van der Waals surface area contributed by atoms with Crippen molar-refractivity contribution in [1.82, 2.24) is 9.88 Å². The van der Waals surface area contributed by atoms with Gasteiger partial charge in [-0.3, -0.25) is 0 Å². The van der Waals surface area contributed by atoms with Gasteiger partial charge in [-0.05, 0) is 44.2 Å². The van der Waals surface area contributed by atoms with Crippen LogP contribution in [0.4, 0.5) is 0 Å². The third-order valence-electron chi connectivity index (χ3n) is 4.40. The van der Waals surface area contributed by atoms with Crippen LogP contribution < -0.4 is 5.32 Å². The zero-order valence-electron chi connectivity index (χ0n) is 11.7. The summed E-state index contributed by atoms with van der Waals surface area (Å²) in [6, 6.07) is 3.05. The van der Waals surface area contributed by atoms with E-state index < -0.39 is 0 Å². The van der Waals surface area contributed by atoms with Crippen molar-refractivity contribution in [3.8, 4) is 0 Å². The summed E-state index contributed by atoms with van der Waals surface area (Å²) in [7, 11) is 2.15. The highest BCUT2D eigenvalue weighted by molar-refractivity contribution is 5.26. The van der Waals surface area contributed by atoms with E-state index in [4.69, 9.17) is 0 Å². The molecule has 0 spiro atoms. The highest BCUT2D eigenvalue weighted by Gasteiger charge is 2.18. The van der Waals surface area contributed by atoms with E-state index in [1.54, 1.807) is 0 Å². The van der Waals surface area contributed by atoms with E-state index in [1.165, 1.54) is 42.6 Å². The van der Waals surface area contributed by atoms with Gasteiger partial charge in [-0.25, -0.2) is 0 Å². The Hall–Kier alpha value is -0.760. The molecule has 1 saturated carbocycles. The molecule has 0 saturated heterocycles. The van der Waals surface area contributed by atoms with Crippen LogP contribution in [-0.2, 0) is 13.6 Å². The number of nitrogens with one attached hydrogen (secondary N) is 1. The molecular weight excluding hydrogens is 208 g/mol. The maximum Gasteiger partial charge on any atom is 0.0225 e. The average Bonchev–Trinajstić information content (AvgIpc) is 2.54. The molecule has 1 aliphatic rings. The second-order valence-corrected chi connectivity index (χ2v) is 5.80. The number of rotatable bonds is 3. The van der Waals surface area contributed by atoms with Crippen LogP contribution in [0, 0.1) is 19.8 Å². The van der Waals surface area contributed by atoms with Crippen LogP contribution in [0.5, 0.6) is 0 Å². The lowest BCUT2D eigenvalue weighted by Gasteiger charge is -2.27. The van der Waals surface area contributed by atoms with Crippen LogP contribution in [0.3, 0.4) is 0 Å². The van der Waals surface area contributed by atoms with Gasteiger partial charge in [-0.2, -0.15) is 0 Å². The third-order valence-corrected chi connectivity index (χ3v) is 4.40. The Morgan fingerprint density at radius 2 is 2.12 bits per heavy atom. The van der Waals surface area contributed by atoms with Gasteiger partial charge in [0.15, 0.2) is 0 Å². The first-order valence-corrected chi connectivity index (χ1v) is 6.93. The van der Waals surface area contributed by atoms with Gasteiger partial charge in [0, 0.05) is 31.0 Å². The van der Waals surface area contributed by atoms with Crippen LogP contribution in [0.15, 0.2) is 6.07 Å². The van der Waals surface area contributed by atoms with E-state index in [1.807, 2.05) is 0 Å². The molecule has 2 rings (SSSR count). The van der Waals surface area contributed by atoms with Crippen molar-refractivity contribution in [2.45, 2.75) is 59.0 Å². The molecule has 0 aliphatic heterocycles. The minimum atomic E-state index is 0.735. The number of hydrogen-bond donors (Lipinski definition) is 1. The lowest BCUT2D eigenvalue weighted by Crippen LogP contribution is -2.33. The summed E-state index contributed by atoms with van der Waals surface area (Å²) >= 11 is 0. The Balaban J connectivity index is 1.91. The molecule has 1 aliphatic carbocycles. The molecule has 2 nitrogen and oxygen atoms in total. The SMILES string of the molecule is Cc1cc(CNC2CCCC(C)C2)c(C)n1C. The lowest BCUT2D eigenvalue weighted by molar-refractivity contribution is 0.300. The van der Waals surface area contributed by atoms with Crippen molar-refractivity contribution in [3.05, 3.63) is 23.0 Å². The maximum atomic E-state index is 3.74. The fraction of sp³-hybridized carbons (Fsp3) is 0.733. The zero-order chi connectivity index (χ0) is 12.4. The first-order valence-electron chi connectivity index (χ1n) is 6.93. The maximum absolute atomic E-state index is 3.74. The molecule has 0 bridgehead atoms. The topological polar surface area (TPSA) is 17.0 Å². The van der Waals surface area contributed by atoms with E-state index in [-0.39, 0.29) is 0 Å². The fourth-order valence-corrected chi connectivity index (χ4v) is 2.99. The largest absolute Gasteiger partial charge is 0.352 e. The second kappa shape index (κ2) is 5.26. The average molecular weight is 234 g/mol. The Morgan fingerprint density at radius 1 is 1.35 bits per heavy atom. The molecule has 0 radical (unpaired) electrons. The Kier molecular flexibility index (Phi) is 3.93. The van der Waals surface area contributed by atoms with E-state index >= 15 is 0 Å². The normalized spacial score (nSPS) is 25.2. The standard InChI is InChI=1S/C15H26N2/c1-11-6-5-7-15(8-11)16-10-14-9-12(2)17(4)13(14)3/h9,11,15-16H,5-8,10H2,1-4H3. The van der Waals surface area contributed by atoms with E-state index in [0.717, 1.165) is 18.5 Å². The summed E-state index contributed by atoms with van der Waals surface area (Å²) in [6.45, 7) is 7.81. The third kappa shape index (κ3) is 2.92. The molecule has 2 atom stereocenters. The first-order chi connectivity index (χ1) is 8.08. The van der Waals surface area contributed by atoms with E-state index in [0.29, 0.717) is 0 Å². The van der Waals surface area contributed by atoms with Crippen LogP contribution >= 0.6 is 0 Å². The van der Waals surface area contributed by atoms with Crippen molar-refractivity contribution in [1.29, 1.82) is 0 Å². The molecule has 2 heteroatoms. The van der Waals surface area contributed by atoms with Gasteiger partial charge < -0.3 is 9.88 Å². The molecule has 1 aromatic rings. The van der Waals surface area contributed by atoms with E-state index in [2.05, 4.69) is 43.8 Å². The van der Waals surface area contributed by atoms with Crippen molar-refractivity contribution in [2.24, 2.45) is 13.0 Å². The first kappa shape index (κ1) is 12.7. The number of nitrogens with zero attached hydrogens (tertiary/aromatic N) is 1. The molecule has 1 fully saturated rings. The van der Waals surface area contributed by atoms with Crippen LogP contribution in [0.25, 0.3) is 0 Å². The highest BCUT2D eigenvalue weighted by Crippen LogP contribution is 2.24. The molecule has 0 amide bonds. The summed E-state index contributed by atoms with van der Waals surface area (Å²) in [5, 5.41) is 3.74. The molecular formula is C15H26N2. The van der Waals surface area contributed by atoms with Crippen molar-refractivity contribution in [2.75, 3.05) is 0 Å². The quantitative estimate of drug-likeness (QED) is 0.849. The molecule has 2 unspecified atom stereocenters. The van der Waals surface area contributed by atoms with Gasteiger partial charge in [0.25, 0.3) is 0 Å². The molecule has 96 valence electrons. The van der Waals surface area contributed by atoms with Gasteiger partial charge in [0.05, 0.1) is 0 Å². The van der Waals surface area contributed by atoms with Crippen LogP contribution in [0.2, 0.25) is 0 Å². The number of aromatic nitrogens is 1. The molecule has 0 aromatic carbocycles. The Morgan fingerprint density at radius 3 is 2.71 bits per heavy atom. The minimum absolute atomic E-state index is 0.735. The van der Waals surface area contributed by atoms with Gasteiger partial charge in [0.1, 0.15) is 0 Å². The van der Waals surface area contributed by atoms with Crippen LogP contribution in [-0.4, -0.2) is 10.6 Å². The summed E-state index contributed by atoms with van der Waals surface area (Å²) in [6.07, 6.45) is 5.52. The molecule has 1 N–H and O–H groups in total. The summed E-state index contributed by atoms with van der Waals surface area (Å²) < 4.78 is 2.28. The summed E-state index contributed by atoms with van der Waals surface area (Å²) in [5.41, 5.74) is 4.22.